The molecule has 0 saturated carbocycles. The summed E-state index contributed by atoms with van der Waals surface area (Å²) in [5.41, 5.74) is 0. The molecule has 0 amide bonds. The number of rotatable bonds is 2. The molecular weight excluding hydrogens is 284 g/mol. The van der Waals surface area contributed by atoms with Gasteiger partial charge in [-0.3, -0.25) is 0 Å². The van der Waals surface area contributed by atoms with Crippen LogP contribution in [0.1, 0.15) is 12.8 Å². The Morgan fingerprint density at radius 3 is 2.58 bits per heavy atom. The maximum absolute atomic E-state index is 10.7. The molecule has 0 aromatic carbocycles. The second-order valence-electron chi connectivity index (χ2n) is 5.53. The quantitative estimate of drug-likeness (QED) is 0.792. The largest absolute Gasteiger partial charge is 0.393 e. The van der Waals surface area contributed by atoms with Gasteiger partial charge in [-0.05, 0) is 17.9 Å². The molecule has 1 spiro atoms. The van der Waals surface area contributed by atoms with E-state index < -0.39 is 11.9 Å². The summed E-state index contributed by atoms with van der Waals surface area (Å²) in [4.78, 5) is 0. The lowest BCUT2D eigenvalue weighted by Gasteiger charge is -2.44. The second-order valence-corrected chi connectivity index (χ2v) is 7.83. The van der Waals surface area contributed by atoms with Crippen molar-refractivity contribution in [3.05, 3.63) is 0 Å². The average Bonchev–Trinajstić information content (AvgIpc) is 2.88. The molecule has 3 heterocycles. The number of hydrogen-bond donors (Lipinski definition) is 2. The van der Waals surface area contributed by atoms with Gasteiger partial charge in [0.25, 0.3) is 0 Å². The summed E-state index contributed by atoms with van der Waals surface area (Å²) >= 11 is 3.67. The van der Waals surface area contributed by atoms with E-state index in [-0.39, 0.29) is 17.9 Å². The fourth-order valence-electron chi connectivity index (χ4n) is 3.30. The lowest BCUT2D eigenvalue weighted by atomic mass is 9.82. The minimum Gasteiger partial charge on any atom is -0.393 e. The van der Waals surface area contributed by atoms with Crippen LogP contribution in [0.2, 0.25) is 0 Å². The minimum atomic E-state index is -0.591. The van der Waals surface area contributed by atoms with Crippen LogP contribution in [0.4, 0.5) is 0 Å². The van der Waals surface area contributed by atoms with Gasteiger partial charge in [-0.25, -0.2) is 0 Å². The zero-order chi connectivity index (χ0) is 13.3. The van der Waals surface area contributed by atoms with Gasteiger partial charge in [-0.1, -0.05) is 0 Å². The van der Waals surface area contributed by atoms with Gasteiger partial charge >= 0.3 is 0 Å². The highest BCUT2D eigenvalue weighted by Crippen LogP contribution is 2.43. The molecule has 0 aromatic heterocycles. The van der Waals surface area contributed by atoms with Crippen LogP contribution < -0.4 is 0 Å². The first-order valence-corrected chi connectivity index (χ1v) is 9.33. The van der Waals surface area contributed by atoms with Crippen molar-refractivity contribution >= 4 is 23.5 Å². The molecule has 110 valence electrons. The Kier molecular flexibility index (Phi) is 4.66. The molecule has 3 aliphatic heterocycles. The van der Waals surface area contributed by atoms with Crippen molar-refractivity contribution in [3.8, 4) is 0 Å². The third kappa shape index (κ3) is 2.80. The Balaban J connectivity index is 1.74. The van der Waals surface area contributed by atoms with Crippen LogP contribution >= 0.6 is 23.5 Å². The smallest absolute Gasteiger partial charge is 0.175 e. The summed E-state index contributed by atoms with van der Waals surface area (Å²) in [5.74, 6) is 3.04. The van der Waals surface area contributed by atoms with Gasteiger partial charge in [-0.15, -0.1) is 0 Å². The highest BCUT2D eigenvalue weighted by molar-refractivity contribution is 7.99. The summed E-state index contributed by atoms with van der Waals surface area (Å²) < 4.78 is 11.7. The fraction of sp³-hybridized carbons (Fsp3) is 1.00. The Labute approximate surface area is 122 Å². The fourth-order valence-corrected chi connectivity index (χ4v) is 5.86. The summed E-state index contributed by atoms with van der Waals surface area (Å²) in [6.45, 7) is 1.24. The Bertz CT molecular complexity index is 309. The first-order valence-electron chi connectivity index (χ1n) is 7.02. The van der Waals surface area contributed by atoms with E-state index in [9.17, 15) is 10.2 Å². The molecule has 0 aromatic rings. The van der Waals surface area contributed by atoms with Gasteiger partial charge in [0.05, 0.1) is 25.4 Å². The van der Waals surface area contributed by atoms with Crippen LogP contribution in [0, 0.1) is 11.8 Å². The normalized spacial score (nSPS) is 40.4. The molecule has 3 rings (SSSR count). The molecule has 3 aliphatic rings. The molecule has 6 heteroatoms. The highest BCUT2D eigenvalue weighted by atomic mass is 32.2. The lowest BCUT2D eigenvalue weighted by Crippen LogP contribution is -2.54. The topological polar surface area (TPSA) is 58.9 Å². The van der Waals surface area contributed by atoms with Crippen molar-refractivity contribution in [3.63, 3.8) is 0 Å². The van der Waals surface area contributed by atoms with Crippen LogP contribution in [0.5, 0.6) is 0 Å². The van der Waals surface area contributed by atoms with Gasteiger partial charge in [0.2, 0.25) is 0 Å². The molecule has 3 fully saturated rings. The highest BCUT2D eigenvalue weighted by Gasteiger charge is 2.51. The molecule has 0 aliphatic carbocycles. The number of aliphatic hydroxyl groups is 2. The Morgan fingerprint density at radius 1 is 1.11 bits per heavy atom. The third-order valence-electron chi connectivity index (χ3n) is 4.45. The summed E-state index contributed by atoms with van der Waals surface area (Å²) in [7, 11) is 0. The van der Waals surface area contributed by atoms with Crippen LogP contribution in [0.3, 0.4) is 0 Å². The van der Waals surface area contributed by atoms with Gasteiger partial charge in [0.1, 0.15) is 0 Å². The van der Waals surface area contributed by atoms with Crippen LogP contribution in [-0.2, 0) is 9.47 Å². The van der Waals surface area contributed by atoms with Crippen molar-refractivity contribution in [2.75, 3.05) is 36.2 Å². The van der Waals surface area contributed by atoms with Crippen LogP contribution in [-0.4, -0.2) is 64.4 Å². The number of hydrogen-bond acceptors (Lipinski definition) is 6. The standard InChI is InChI=1S/C13H22O4S2/c14-11-1-5-18-7-9(11)12(15)10-8-19-6-2-13(10)16-3-4-17-13/h9-12,14-15H,1-8H2/t9-,10+,11+,12-/m1/s1. The Morgan fingerprint density at radius 2 is 1.84 bits per heavy atom. The predicted octanol–water partition coefficient (Wildman–Crippen LogP) is 0.958. The van der Waals surface area contributed by atoms with Crippen LogP contribution in [0.25, 0.3) is 0 Å². The molecule has 3 saturated heterocycles. The Hall–Kier alpha value is 0.540. The van der Waals surface area contributed by atoms with Crippen molar-refractivity contribution in [2.45, 2.75) is 30.8 Å². The SMILES string of the molecule is O[C@H]([C@@H]1CSCC[C@@H]1O)[C@@H]1CSCCC12OCCO2. The van der Waals surface area contributed by atoms with Crippen LogP contribution in [0.15, 0.2) is 0 Å². The summed E-state index contributed by atoms with van der Waals surface area (Å²) in [6.07, 6.45) is 0.700. The lowest BCUT2D eigenvalue weighted by molar-refractivity contribution is -0.221. The average molecular weight is 306 g/mol. The van der Waals surface area contributed by atoms with E-state index in [1.54, 1.807) is 0 Å². The van der Waals surface area contributed by atoms with Crippen molar-refractivity contribution in [2.24, 2.45) is 11.8 Å². The maximum Gasteiger partial charge on any atom is 0.175 e. The monoisotopic (exact) mass is 306 g/mol. The zero-order valence-electron chi connectivity index (χ0n) is 11.0. The summed E-state index contributed by atoms with van der Waals surface area (Å²) in [5, 5.41) is 20.9. The van der Waals surface area contributed by atoms with E-state index in [4.69, 9.17) is 9.47 Å². The van der Waals surface area contributed by atoms with E-state index in [0.717, 1.165) is 35.9 Å². The van der Waals surface area contributed by atoms with E-state index in [0.29, 0.717) is 13.2 Å². The molecule has 4 atom stereocenters. The van der Waals surface area contributed by atoms with E-state index in [2.05, 4.69) is 0 Å². The molecule has 4 nitrogen and oxygen atoms in total. The van der Waals surface area contributed by atoms with Gasteiger partial charge in [0.15, 0.2) is 5.79 Å². The number of thioether (sulfide) groups is 2. The molecule has 19 heavy (non-hydrogen) atoms. The van der Waals surface area contributed by atoms with Crippen molar-refractivity contribution < 1.29 is 19.7 Å². The van der Waals surface area contributed by atoms with Gasteiger partial charge < -0.3 is 19.7 Å². The predicted molar refractivity (Wildman–Crippen MR) is 77.5 cm³/mol. The maximum atomic E-state index is 10.7. The van der Waals surface area contributed by atoms with E-state index in [1.807, 2.05) is 23.5 Å². The molecule has 0 bridgehead atoms. The minimum absolute atomic E-state index is 0.0212. The third-order valence-corrected chi connectivity index (χ3v) is 6.68. The molecular formula is C13H22O4S2. The van der Waals surface area contributed by atoms with Crippen molar-refractivity contribution in [1.82, 2.24) is 0 Å². The van der Waals surface area contributed by atoms with E-state index >= 15 is 0 Å². The number of ether oxygens (including phenoxy) is 2. The van der Waals surface area contributed by atoms with Gasteiger partial charge in [0, 0.05) is 29.8 Å². The molecule has 0 radical (unpaired) electrons. The second kappa shape index (κ2) is 6.12. The van der Waals surface area contributed by atoms with E-state index in [1.165, 1.54) is 0 Å². The summed E-state index contributed by atoms with van der Waals surface area (Å²) in [6, 6.07) is 0. The van der Waals surface area contributed by atoms with Crippen molar-refractivity contribution in [1.29, 1.82) is 0 Å². The zero-order valence-corrected chi connectivity index (χ0v) is 12.6. The van der Waals surface area contributed by atoms with Gasteiger partial charge in [-0.2, -0.15) is 23.5 Å². The first kappa shape index (κ1) is 14.5. The number of aliphatic hydroxyl groups excluding tert-OH is 2. The molecule has 0 unspecified atom stereocenters. The molecule has 2 N–H and O–H groups in total. The first-order chi connectivity index (χ1) is 9.23.